The highest BCUT2D eigenvalue weighted by Crippen LogP contribution is 2.29. The summed E-state index contributed by atoms with van der Waals surface area (Å²) >= 11 is 1.19. The molecule has 0 bridgehead atoms. The van der Waals surface area contributed by atoms with Gasteiger partial charge in [0.25, 0.3) is 5.91 Å². The smallest absolute Gasteiger partial charge is 0.336 e. The first-order valence-electron chi connectivity index (χ1n) is 7.83. The Morgan fingerprint density at radius 2 is 2.04 bits per heavy atom. The molecule has 1 aromatic carbocycles. The van der Waals surface area contributed by atoms with E-state index in [-0.39, 0.29) is 11.5 Å². The van der Waals surface area contributed by atoms with Crippen LogP contribution in [0.3, 0.4) is 0 Å². The van der Waals surface area contributed by atoms with Crippen LogP contribution in [0.2, 0.25) is 0 Å². The number of aromatic carboxylic acids is 1. The third-order valence-corrected chi connectivity index (χ3v) is 5.27. The number of carbonyl (C=O) groups is 2. The van der Waals surface area contributed by atoms with Crippen molar-refractivity contribution in [2.45, 2.75) is 18.8 Å². The second-order valence-electron chi connectivity index (χ2n) is 5.87. The van der Waals surface area contributed by atoms with Crippen molar-refractivity contribution < 1.29 is 19.4 Å². The molecule has 6 heteroatoms. The zero-order chi connectivity index (χ0) is 17.1. The van der Waals surface area contributed by atoms with E-state index >= 15 is 0 Å². The van der Waals surface area contributed by atoms with Crippen LogP contribution in [0.1, 0.15) is 44.4 Å². The molecule has 0 saturated carbocycles. The summed E-state index contributed by atoms with van der Waals surface area (Å²) in [5, 5.41) is 10.5. The Morgan fingerprint density at radius 3 is 2.67 bits per heavy atom. The molecular weight excluding hydrogens is 326 g/mol. The summed E-state index contributed by atoms with van der Waals surface area (Å²) in [5.74, 6) is 0.0422. The van der Waals surface area contributed by atoms with Gasteiger partial charge in [-0.25, -0.2) is 4.79 Å². The first-order valence-corrected chi connectivity index (χ1v) is 8.71. The standard InChI is InChI=1S/C18H19NO4S/c1-23-15-6-4-12(5-7-15)13-3-2-8-19(10-13)17(20)16-9-14(11-24-16)18(21)22/h4-7,9,11,13H,2-3,8,10H2,1H3,(H,21,22). The predicted octanol–water partition coefficient (Wildman–Crippen LogP) is 3.47. The molecule has 1 fully saturated rings. The minimum atomic E-state index is -1.000. The Hall–Kier alpha value is -2.34. The minimum absolute atomic E-state index is 0.0780. The molecule has 5 nitrogen and oxygen atoms in total. The number of likely N-dealkylation sites (tertiary alicyclic amines) is 1. The van der Waals surface area contributed by atoms with Gasteiger partial charge in [-0.15, -0.1) is 11.3 Å². The first kappa shape index (κ1) is 16.5. The van der Waals surface area contributed by atoms with Gasteiger partial charge < -0.3 is 14.7 Å². The molecule has 1 aromatic heterocycles. The van der Waals surface area contributed by atoms with Gasteiger partial charge in [0.05, 0.1) is 17.6 Å². The lowest BCUT2D eigenvalue weighted by Crippen LogP contribution is -2.38. The summed E-state index contributed by atoms with van der Waals surface area (Å²) in [7, 11) is 1.64. The SMILES string of the molecule is COc1ccc(C2CCCN(C(=O)c3cc(C(=O)O)cs3)C2)cc1. The van der Waals surface area contributed by atoms with Crippen LogP contribution in [0, 0.1) is 0 Å². The summed E-state index contributed by atoms with van der Waals surface area (Å²) in [4.78, 5) is 25.9. The van der Waals surface area contributed by atoms with E-state index in [0.29, 0.717) is 23.9 Å². The molecule has 3 rings (SSSR count). The largest absolute Gasteiger partial charge is 0.497 e. The van der Waals surface area contributed by atoms with Gasteiger partial charge in [0.15, 0.2) is 0 Å². The van der Waals surface area contributed by atoms with E-state index in [1.54, 1.807) is 7.11 Å². The minimum Gasteiger partial charge on any atom is -0.497 e. The van der Waals surface area contributed by atoms with Gasteiger partial charge in [-0.1, -0.05) is 12.1 Å². The number of methoxy groups -OCH3 is 1. The van der Waals surface area contributed by atoms with Crippen molar-refractivity contribution in [3.05, 3.63) is 51.7 Å². The fourth-order valence-corrected chi connectivity index (χ4v) is 3.87. The Balaban J connectivity index is 1.71. The molecule has 1 saturated heterocycles. The third-order valence-electron chi connectivity index (χ3n) is 4.35. The van der Waals surface area contributed by atoms with E-state index in [9.17, 15) is 9.59 Å². The van der Waals surface area contributed by atoms with E-state index < -0.39 is 5.97 Å². The van der Waals surface area contributed by atoms with Gasteiger partial charge in [-0.05, 0) is 36.6 Å². The average molecular weight is 345 g/mol. The maximum Gasteiger partial charge on any atom is 0.336 e. The lowest BCUT2D eigenvalue weighted by atomic mass is 9.90. The number of hydrogen-bond acceptors (Lipinski definition) is 4. The second-order valence-corrected chi connectivity index (χ2v) is 6.78. The van der Waals surface area contributed by atoms with Crippen LogP contribution in [-0.2, 0) is 0 Å². The van der Waals surface area contributed by atoms with Crippen LogP contribution in [-0.4, -0.2) is 42.1 Å². The number of nitrogens with zero attached hydrogens (tertiary/aromatic N) is 1. The quantitative estimate of drug-likeness (QED) is 0.921. The monoisotopic (exact) mass is 345 g/mol. The van der Waals surface area contributed by atoms with Crippen LogP contribution < -0.4 is 4.74 Å². The average Bonchev–Trinajstić information content (AvgIpc) is 3.12. The fraction of sp³-hybridized carbons (Fsp3) is 0.333. The van der Waals surface area contributed by atoms with Gasteiger partial charge in [-0.3, -0.25) is 4.79 Å². The van der Waals surface area contributed by atoms with Crippen LogP contribution in [0.15, 0.2) is 35.7 Å². The predicted molar refractivity (Wildman–Crippen MR) is 92.2 cm³/mol. The molecule has 2 aromatic rings. The molecule has 1 unspecified atom stereocenters. The topological polar surface area (TPSA) is 66.8 Å². The molecule has 2 heterocycles. The maximum atomic E-state index is 12.6. The number of carbonyl (C=O) groups excluding carboxylic acids is 1. The molecule has 1 aliphatic rings. The number of benzene rings is 1. The van der Waals surface area contributed by atoms with Gasteiger partial charge in [0, 0.05) is 24.4 Å². The van der Waals surface area contributed by atoms with Gasteiger partial charge in [-0.2, -0.15) is 0 Å². The van der Waals surface area contributed by atoms with Gasteiger partial charge in [0.2, 0.25) is 0 Å². The Morgan fingerprint density at radius 1 is 1.29 bits per heavy atom. The van der Waals surface area contributed by atoms with Gasteiger partial charge in [0.1, 0.15) is 5.75 Å². The summed E-state index contributed by atoms with van der Waals surface area (Å²) in [6, 6.07) is 9.44. The van der Waals surface area contributed by atoms with Gasteiger partial charge >= 0.3 is 5.97 Å². The zero-order valence-electron chi connectivity index (χ0n) is 13.4. The summed E-state index contributed by atoms with van der Waals surface area (Å²) in [5.41, 5.74) is 1.37. The zero-order valence-corrected chi connectivity index (χ0v) is 14.2. The van der Waals surface area contributed by atoms with Crippen molar-refractivity contribution in [3.8, 4) is 5.75 Å². The molecular formula is C18H19NO4S. The highest BCUT2D eigenvalue weighted by molar-refractivity contribution is 7.12. The molecule has 126 valence electrons. The van der Waals surface area contributed by atoms with Crippen molar-refractivity contribution >= 4 is 23.2 Å². The Labute approximate surface area is 144 Å². The van der Waals surface area contributed by atoms with E-state index in [4.69, 9.17) is 9.84 Å². The number of thiophene rings is 1. The maximum absolute atomic E-state index is 12.6. The highest BCUT2D eigenvalue weighted by atomic mass is 32.1. The first-order chi connectivity index (χ1) is 11.6. The third kappa shape index (κ3) is 3.43. The molecule has 0 spiro atoms. The lowest BCUT2D eigenvalue weighted by Gasteiger charge is -2.32. The van der Waals surface area contributed by atoms with E-state index in [0.717, 1.165) is 18.6 Å². The van der Waals surface area contributed by atoms with Crippen LogP contribution in [0.5, 0.6) is 5.75 Å². The molecule has 0 aliphatic carbocycles. The summed E-state index contributed by atoms with van der Waals surface area (Å²) in [6.07, 6.45) is 1.99. The highest BCUT2D eigenvalue weighted by Gasteiger charge is 2.26. The second kappa shape index (κ2) is 7.05. The summed E-state index contributed by atoms with van der Waals surface area (Å²) in [6.45, 7) is 1.37. The number of ether oxygens (including phenoxy) is 1. The van der Waals surface area contributed by atoms with E-state index in [2.05, 4.69) is 0 Å². The van der Waals surface area contributed by atoms with E-state index in [1.807, 2.05) is 29.2 Å². The number of carboxylic acid groups (broad SMARTS) is 1. The number of piperidine rings is 1. The molecule has 1 N–H and O–H groups in total. The fourth-order valence-electron chi connectivity index (χ4n) is 3.03. The van der Waals surface area contributed by atoms with Crippen molar-refractivity contribution in [2.24, 2.45) is 0 Å². The molecule has 24 heavy (non-hydrogen) atoms. The Kier molecular flexibility index (Phi) is 4.85. The van der Waals surface area contributed by atoms with Crippen molar-refractivity contribution in [1.29, 1.82) is 0 Å². The molecule has 1 atom stereocenters. The van der Waals surface area contributed by atoms with Crippen LogP contribution in [0.25, 0.3) is 0 Å². The number of rotatable bonds is 4. The van der Waals surface area contributed by atoms with Crippen LogP contribution >= 0.6 is 11.3 Å². The number of carboxylic acids is 1. The molecule has 1 aliphatic heterocycles. The number of amides is 1. The normalized spacial score (nSPS) is 17.5. The lowest BCUT2D eigenvalue weighted by molar-refractivity contribution is 0.0697. The van der Waals surface area contributed by atoms with E-state index in [1.165, 1.54) is 28.3 Å². The van der Waals surface area contributed by atoms with Crippen molar-refractivity contribution in [1.82, 2.24) is 4.90 Å². The summed E-state index contributed by atoms with van der Waals surface area (Å²) < 4.78 is 5.18. The number of hydrogen-bond donors (Lipinski definition) is 1. The molecule has 0 radical (unpaired) electrons. The van der Waals surface area contributed by atoms with Crippen molar-refractivity contribution in [3.63, 3.8) is 0 Å². The Bertz CT molecular complexity index is 738. The van der Waals surface area contributed by atoms with Crippen molar-refractivity contribution in [2.75, 3.05) is 20.2 Å². The molecule has 1 amide bonds. The van der Waals surface area contributed by atoms with Crippen LogP contribution in [0.4, 0.5) is 0 Å².